The maximum Gasteiger partial charge on any atom is 0.0223 e. The summed E-state index contributed by atoms with van der Waals surface area (Å²) in [7, 11) is 0. The van der Waals surface area contributed by atoms with E-state index in [1.807, 2.05) is 0 Å². The van der Waals surface area contributed by atoms with E-state index in [1.54, 1.807) is 0 Å². The van der Waals surface area contributed by atoms with Crippen LogP contribution in [0.15, 0.2) is 0 Å². The highest BCUT2D eigenvalue weighted by Gasteiger charge is 1.86. The van der Waals surface area contributed by atoms with Gasteiger partial charge in [0.2, 0.25) is 0 Å². The van der Waals surface area contributed by atoms with Crippen molar-refractivity contribution in [1.82, 2.24) is 0 Å². The largest absolute Gasteiger partial charge is 0.127 e. The average Bonchev–Trinajstić information content (AvgIpc) is 2.16. The van der Waals surface area contributed by atoms with Gasteiger partial charge in [-0.2, -0.15) is 0 Å². The van der Waals surface area contributed by atoms with Crippen molar-refractivity contribution in [2.24, 2.45) is 0 Å². The van der Waals surface area contributed by atoms with Crippen LogP contribution in [0.2, 0.25) is 0 Å². The minimum Gasteiger partial charge on any atom is -0.127 e. The third-order valence-electron chi connectivity index (χ3n) is 1.97. The lowest BCUT2D eigenvalue weighted by Gasteiger charge is -1.93. The summed E-state index contributed by atoms with van der Waals surface area (Å²) in [5, 5.41) is 0. The Balaban J connectivity index is 2.99. The van der Waals surface area contributed by atoms with Crippen LogP contribution in [0.25, 0.3) is 0 Å². The van der Waals surface area contributed by atoms with Crippen LogP contribution in [0.5, 0.6) is 0 Å². The molecule has 13 heavy (non-hydrogen) atoms. The van der Waals surface area contributed by atoms with Crippen LogP contribution < -0.4 is 0 Å². The first-order valence-corrected chi connectivity index (χ1v) is 5.97. The predicted molar refractivity (Wildman–Crippen MR) is 61.1 cm³/mol. The lowest BCUT2D eigenvalue weighted by Crippen LogP contribution is -1.78. The molecule has 0 amide bonds. The summed E-state index contributed by atoms with van der Waals surface area (Å²) in [6.45, 7) is 2.20. The molecule has 0 N–H and O–H groups in total. The topological polar surface area (TPSA) is 0 Å². The first-order valence-electron chi connectivity index (χ1n) is 5.43. The molecule has 0 saturated heterocycles. The van der Waals surface area contributed by atoms with Crippen molar-refractivity contribution in [3.63, 3.8) is 0 Å². The Labute approximate surface area is 88.1 Å². The average molecular weight is 201 g/mol. The highest BCUT2D eigenvalue weighted by molar-refractivity contribution is 6.17. The fourth-order valence-corrected chi connectivity index (χ4v) is 1.29. The van der Waals surface area contributed by atoms with Crippen LogP contribution >= 0.6 is 11.6 Å². The monoisotopic (exact) mass is 200 g/mol. The zero-order valence-corrected chi connectivity index (χ0v) is 9.50. The van der Waals surface area contributed by atoms with Crippen molar-refractivity contribution in [3.05, 3.63) is 0 Å². The van der Waals surface area contributed by atoms with Gasteiger partial charge < -0.3 is 0 Å². The second kappa shape index (κ2) is 11.8. The summed E-state index contributed by atoms with van der Waals surface area (Å²) in [6, 6.07) is 0. The first kappa shape index (κ1) is 12.8. The molecule has 0 heterocycles. The molecule has 0 saturated carbocycles. The van der Waals surface area contributed by atoms with Gasteiger partial charge in [-0.1, -0.05) is 26.2 Å². The van der Waals surface area contributed by atoms with Crippen molar-refractivity contribution in [3.8, 4) is 11.8 Å². The van der Waals surface area contributed by atoms with E-state index >= 15 is 0 Å². The summed E-state index contributed by atoms with van der Waals surface area (Å²) < 4.78 is 0. The molecule has 0 fully saturated rings. The van der Waals surface area contributed by atoms with Gasteiger partial charge >= 0.3 is 0 Å². The maximum absolute atomic E-state index is 5.57. The summed E-state index contributed by atoms with van der Waals surface area (Å²) in [5.74, 6) is 7.22. The minimum atomic E-state index is 0.808. The lowest BCUT2D eigenvalue weighted by molar-refractivity contribution is 0.682. The Hall–Kier alpha value is -0.150. The molecule has 1 heteroatoms. The van der Waals surface area contributed by atoms with E-state index < -0.39 is 0 Å². The SMILES string of the molecule is CCCCC#CCCCCCCCl. The fraction of sp³-hybridized carbons (Fsp3) is 0.833. The van der Waals surface area contributed by atoms with Crippen molar-refractivity contribution >= 4 is 11.6 Å². The number of alkyl halides is 1. The van der Waals surface area contributed by atoms with E-state index in [0.717, 1.165) is 25.1 Å². The van der Waals surface area contributed by atoms with Gasteiger partial charge in [0.25, 0.3) is 0 Å². The van der Waals surface area contributed by atoms with Crippen LogP contribution in [-0.2, 0) is 0 Å². The molecule has 0 radical (unpaired) electrons. The van der Waals surface area contributed by atoms with Gasteiger partial charge in [-0.25, -0.2) is 0 Å². The molecule has 0 spiro atoms. The Kier molecular flexibility index (Phi) is 11.7. The summed E-state index contributed by atoms with van der Waals surface area (Å²) >= 11 is 5.57. The highest BCUT2D eigenvalue weighted by atomic mass is 35.5. The van der Waals surface area contributed by atoms with E-state index in [9.17, 15) is 0 Å². The molecule has 0 aliphatic rings. The molecular weight excluding hydrogens is 180 g/mol. The molecule has 0 aliphatic heterocycles. The van der Waals surface area contributed by atoms with Gasteiger partial charge in [0.05, 0.1) is 0 Å². The maximum atomic E-state index is 5.57. The molecule has 0 aliphatic carbocycles. The molecule has 0 bridgehead atoms. The van der Waals surface area contributed by atoms with Gasteiger partial charge in [-0.05, 0) is 19.3 Å². The minimum absolute atomic E-state index is 0.808. The van der Waals surface area contributed by atoms with Gasteiger partial charge in [0, 0.05) is 18.7 Å². The molecule has 0 rings (SSSR count). The molecule has 0 atom stereocenters. The standard InChI is InChI=1S/C12H21Cl/c1-2-3-4-5-6-7-8-9-10-11-12-13/h2-4,7-12H2,1H3. The normalized spacial score (nSPS) is 9.38. The predicted octanol–water partition coefficient (Wildman–Crippen LogP) is 4.37. The van der Waals surface area contributed by atoms with E-state index in [-0.39, 0.29) is 0 Å². The Morgan fingerprint density at radius 1 is 0.846 bits per heavy atom. The number of hydrogen-bond donors (Lipinski definition) is 0. The van der Waals surface area contributed by atoms with Crippen molar-refractivity contribution < 1.29 is 0 Å². The van der Waals surface area contributed by atoms with E-state index in [0.29, 0.717) is 0 Å². The van der Waals surface area contributed by atoms with Gasteiger partial charge in [0.1, 0.15) is 0 Å². The Morgan fingerprint density at radius 3 is 2.08 bits per heavy atom. The van der Waals surface area contributed by atoms with Crippen LogP contribution in [0.4, 0.5) is 0 Å². The molecule has 0 aromatic carbocycles. The Bertz CT molecular complexity index is 141. The zero-order chi connectivity index (χ0) is 9.78. The number of halogens is 1. The van der Waals surface area contributed by atoms with Crippen molar-refractivity contribution in [1.29, 1.82) is 0 Å². The third-order valence-corrected chi connectivity index (χ3v) is 2.23. The van der Waals surface area contributed by atoms with E-state index in [1.165, 1.54) is 32.1 Å². The van der Waals surface area contributed by atoms with Crippen LogP contribution in [-0.4, -0.2) is 5.88 Å². The molecule has 0 aromatic rings. The van der Waals surface area contributed by atoms with Crippen molar-refractivity contribution in [2.45, 2.75) is 58.3 Å². The van der Waals surface area contributed by atoms with Crippen LogP contribution in [0.1, 0.15) is 58.3 Å². The summed E-state index contributed by atoms with van der Waals surface area (Å²) in [6.07, 6.45) is 9.62. The number of unbranched alkanes of at least 4 members (excludes halogenated alkanes) is 6. The van der Waals surface area contributed by atoms with Gasteiger partial charge in [-0.15, -0.1) is 23.4 Å². The van der Waals surface area contributed by atoms with Gasteiger partial charge in [-0.3, -0.25) is 0 Å². The van der Waals surface area contributed by atoms with E-state index in [2.05, 4.69) is 18.8 Å². The highest BCUT2D eigenvalue weighted by Crippen LogP contribution is 2.03. The van der Waals surface area contributed by atoms with Crippen molar-refractivity contribution in [2.75, 3.05) is 5.88 Å². The van der Waals surface area contributed by atoms with Crippen LogP contribution in [0, 0.1) is 11.8 Å². The number of rotatable bonds is 7. The quantitative estimate of drug-likeness (QED) is 0.325. The van der Waals surface area contributed by atoms with E-state index in [4.69, 9.17) is 11.6 Å². The first-order chi connectivity index (χ1) is 6.41. The summed E-state index contributed by atoms with van der Waals surface area (Å²) in [4.78, 5) is 0. The lowest BCUT2D eigenvalue weighted by atomic mass is 10.1. The van der Waals surface area contributed by atoms with Crippen LogP contribution in [0.3, 0.4) is 0 Å². The van der Waals surface area contributed by atoms with Gasteiger partial charge in [0.15, 0.2) is 0 Å². The third kappa shape index (κ3) is 11.9. The number of hydrogen-bond acceptors (Lipinski definition) is 0. The second-order valence-electron chi connectivity index (χ2n) is 3.31. The molecule has 0 unspecified atom stereocenters. The molecule has 0 aromatic heterocycles. The summed E-state index contributed by atoms with van der Waals surface area (Å²) in [5.41, 5.74) is 0. The smallest absolute Gasteiger partial charge is 0.0223 e. The zero-order valence-electron chi connectivity index (χ0n) is 8.74. The Morgan fingerprint density at radius 2 is 1.46 bits per heavy atom. The second-order valence-corrected chi connectivity index (χ2v) is 3.69. The molecular formula is C12H21Cl. The fourth-order valence-electron chi connectivity index (χ4n) is 1.10. The molecule has 76 valence electrons. The molecule has 0 nitrogen and oxygen atoms in total.